The predicted molar refractivity (Wildman–Crippen MR) is 56.5 cm³/mol. The van der Waals surface area contributed by atoms with Gasteiger partial charge in [0.05, 0.1) is 11.3 Å². The van der Waals surface area contributed by atoms with Crippen LogP contribution >= 0.6 is 0 Å². The van der Waals surface area contributed by atoms with Crippen molar-refractivity contribution in [3.8, 4) is 5.82 Å². The summed E-state index contributed by atoms with van der Waals surface area (Å²) in [5.74, 6) is 0.0634. The normalized spacial score (nSPS) is 11.6. The second-order valence-electron chi connectivity index (χ2n) is 3.67. The molecule has 7 heteroatoms. The highest BCUT2D eigenvalue weighted by atomic mass is 19.4. The van der Waals surface area contributed by atoms with Gasteiger partial charge in [-0.3, -0.25) is 9.36 Å². The molecule has 2 aromatic rings. The van der Waals surface area contributed by atoms with Crippen LogP contribution in [-0.4, -0.2) is 20.8 Å². The summed E-state index contributed by atoms with van der Waals surface area (Å²) in [5, 5.41) is 0. The molecule has 0 N–H and O–H groups in total. The van der Waals surface area contributed by atoms with E-state index in [0.717, 1.165) is 12.3 Å². The molecule has 94 valence electrons. The SMILES string of the molecule is Cc1cn(-c2cc(C(F)(F)F)c(C=O)cn2)cn1. The number of hydrogen-bond acceptors (Lipinski definition) is 3. The van der Waals surface area contributed by atoms with Crippen molar-refractivity contribution in [2.24, 2.45) is 0 Å². The van der Waals surface area contributed by atoms with Crippen molar-refractivity contribution in [3.63, 3.8) is 0 Å². The van der Waals surface area contributed by atoms with Crippen molar-refractivity contribution >= 4 is 6.29 Å². The highest BCUT2D eigenvalue weighted by Gasteiger charge is 2.34. The smallest absolute Gasteiger partial charge is 0.298 e. The fourth-order valence-corrected chi connectivity index (χ4v) is 1.48. The third-order valence-corrected chi connectivity index (χ3v) is 2.33. The van der Waals surface area contributed by atoms with Gasteiger partial charge in [0.1, 0.15) is 12.1 Å². The van der Waals surface area contributed by atoms with Crippen LogP contribution < -0.4 is 0 Å². The Labute approximate surface area is 100 Å². The van der Waals surface area contributed by atoms with Crippen molar-refractivity contribution in [1.82, 2.24) is 14.5 Å². The second kappa shape index (κ2) is 4.25. The maximum absolute atomic E-state index is 12.7. The van der Waals surface area contributed by atoms with E-state index in [4.69, 9.17) is 0 Å². The molecule has 2 aromatic heterocycles. The molecule has 0 aliphatic heterocycles. The first-order valence-electron chi connectivity index (χ1n) is 4.95. The monoisotopic (exact) mass is 255 g/mol. The van der Waals surface area contributed by atoms with Gasteiger partial charge in [-0.25, -0.2) is 9.97 Å². The van der Waals surface area contributed by atoms with Gasteiger partial charge in [-0.2, -0.15) is 13.2 Å². The average Bonchev–Trinajstić information content (AvgIpc) is 2.74. The minimum Gasteiger partial charge on any atom is -0.298 e. The molecule has 0 atom stereocenters. The summed E-state index contributed by atoms with van der Waals surface area (Å²) in [6.07, 6.45) is -0.649. The fourth-order valence-electron chi connectivity index (χ4n) is 1.48. The van der Waals surface area contributed by atoms with E-state index in [0.29, 0.717) is 5.69 Å². The van der Waals surface area contributed by atoms with Crippen LogP contribution in [0.1, 0.15) is 21.6 Å². The Kier molecular flexibility index (Phi) is 2.90. The van der Waals surface area contributed by atoms with Crippen molar-refractivity contribution in [2.45, 2.75) is 13.1 Å². The van der Waals surface area contributed by atoms with Crippen LogP contribution in [0, 0.1) is 6.92 Å². The van der Waals surface area contributed by atoms with Crippen LogP contribution in [0.4, 0.5) is 13.2 Å². The Morgan fingerprint density at radius 2 is 2.06 bits per heavy atom. The van der Waals surface area contributed by atoms with Crippen molar-refractivity contribution in [2.75, 3.05) is 0 Å². The van der Waals surface area contributed by atoms with Gasteiger partial charge in [-0.05, 0) is 13.0 Å². The Balaban J connectivity index is 2.56. The van der Waals surface area contributed by atoms with E-state index in [1.54, 1.807) is 13.1 Å². The molecule has 0 amide bonds. The minimum atomic E-state index is -4.59. The van der Waals surface area contributed by atoms with Gasteiger partial charge in [0.25, 0.3) is 0 Å². The zero-order valence-electron chi connectivity index (χ0n) is 9.27. The molecule has 0 fully saturated rings. The Hall–Kier alpha value is -2.18. The zero-order chi connectivity index (χ0) is 13.3. The number of hydrogen-bond donors (Lipinski definition) is 0. The number of alkyl halides is 3. The summed E-state index contributed by atoms with van der Waals surface area (Å²) < 4.78 is 39.5. The molecule has 0 radical (unpaired) electrons. The largest absolute Gasteiger partial charge is 0.417 e. The lowest BCUT2D eigenvalue weighted by atomic mass is 10.1. The first-order chi connectivity index (χ1) is 8.41. The van der Waals surface area contributed by atoms with E-state index in [-0.39, 0.29) is 12.1 Å². The number of aromatic nitrogens is 3. The molecule has 0 saturated carbocycles. The van der Waals surface area contributed by atoms with Gasteiger partial charge in [-0.15, -0.1) is 0 Å². The summed E-state index contributed by atoms with van der Waals surface area (Å²) in [4.78, 5) is 18.3. The lowest BCUT2D eigenvalue weighted by Crippen LogP contribution is -2.11. The molecular weight excluding hydrogens is 247 g/mol. The van der Waals surface area contributed by atoms with Crippen molar-refractivity contribution < 1.29 is 18.0 Å². The van der Waals surface area contributed by atoms with E-state index < -0.39 is 17.3 Å². The number of halogens is 3. The maximum Gasteiger partial charge on any atom is 0.417 e. The number of carbonyl (C=O) groups excluding carboxylic acids is 1. The number of nitrogens with zero attached hydrogens (tertiary/aromatic N) is 3. The van der Waals surface area contributed by atoms with E-state index >= 15 is 0 Å². The average molecular weight is 255 g/mol. The number of rotatable bonds is 2. The maximum atomic E-state index is 12.7. The van der Waals surface area contributed by atoms with E-state index in [1.807, 2.05) is 0 Å². The highest BCUT2D eigenvalue weighted by molar-refractivity contribution is 5.77. The molecule has 0 unspecified atom stereocenters. The number of imidazole rings is 1. The molecule has 0 aliphatic carbocycles. The van der Waals surface area contributed by atoms with E-state index in [2.05, 4.69) is 9.97 Å². The minimum absolute atomic E-state index is 0.0634. The third-order valence-electron chi connectivity index (χ3n) is 2.33. The summed E-state index contributed by atoms with van der Waals surface area (Å²) in [6.45, 7) is 1.71. The third kappa shape index (κ3) is 2.24. The lowest BCUT2D eigenvalue weighted by molar-refractivity contribution is -0.137. The molecule has 4 nitrogen and oxygen atoms in total. The Morgan fingerprint density at radius 3 is 2.56 bits per heavy atom. The quantitative estimate of drug-likeness (QED) is 0.774. The number of carbonyl (C=O) groups is 1. The molecule has 0 aromatic carbocycles. The number of aryl methyl sites for hydroxylation is 1. The van der Waals surface area contributed by atoms with Crippen LogP contribution in [0.15, 0.2) is 24.8 Å². The first-order valence-corrected chi connectivity index (χ1v) is 4.95. The summed E-state index contributed by atoms with van der Waals surface area (Å²) in [7, 11) is 0. The van der Waals surface area contributed by atoms with Gasteiger partial charge in [0.15, 0.2) is 6.29 Å². The lowest BCUT2D eigenvalue weighted by Gasteiger charge is -2.10. The van der Waals surface area contributed by atoms with Gasteiger partial charge in [0, 0.05) is 18.0 Å². The van der Waals surface area contributed by atoms with Crippen LogP contribution in [0.5, 0.6) is 0 Å². The molecule has 2 heterocycles. The molecular formula is C11H8F3N3O. The zero-order valence-corrected chi connectivity index (χ0v) is 9.27. The molecule has 0 aliphatic rings. The molecule has 18 heavy (non-hydrogen) atoms. The summed E-state index contributed by atoms with van der Waals surface area (Å²) >= 11 is 0. The van der Waals surface area contributed by atoms with Crippen LogP contribution in [-0.2, 0) is 6.18 Å². The topological polar surface area (TPSA) is 47.8 Å². The summed E-state index contributed by atoms with van der Waals surface area (Å²) in [6, 6.07) is 0.824. The Morgan fingerprint density at radius 1 is 1.33 bits per heavy atom. The molecule has 0 spiro atoms. The Bertz CT molecular complexity index is 589. The standard InChI is InChI=1S/C11H8F3N3O/c1-7-4-17(6-16-7)10-2-9(11(12,13)14)8(5-18)3-15-10/h2-6H,1H3. The molecule has 2 rings (SSSR count). The molecule has 0 bridgehead atoms. The summed E-state index contributed by atoms with van der Waals surface area (Å²) in [5.41, 5.74) is -0.832. The van der Waals surface area contributed by atoms with Gasteiger partial charge >= 0.3 is 6.18 Å². The number of aldehydes is 1. The predicted octanol–water partition coefficient (Wildman–Crippen LogP) is 2.41. The van der Waals surface area contributed by atoms with Gasteiger partial charge in [-0.1, -0.05) is 0 Å². The fraction of sp³-hybridized carbons (Fsp3) is 0.182. The van der Waals surface area contributed by atoms with E-state index in [1.165, 1.54) is 10.9 Å². The first kappa shape index (κ1) is 12.3. The van der Waals surface area contributed by atoms with Crippen LogP contribution in [0.2, 0.25) is 0 Å². The number of pyridine rings is 1. The van der Waals surface area contributed by atoms with Crippen LogP contribution in [0.25, 0.3) is 5.82 Å². The van der Waals surface area contributed by atoms with Crippen LogP contribution in [0.3, 0.4) is 0 Å². The van der Waals surface area contributed by atoms with Crippen molar-refractivity contribution in [3.05, 3.63) is 41.6 Å². The van der Waals surface area contributed by atoms with Gasteiger partial charge in [0.2, 0.25) is 0 Å². The molecule has 0 saturated heterocycles. The highest BCUT2D eigenvalue weighted by Crippen LogP contribution is 2.32. The van der Waals surface area contributed by atoms with E-state index in [9.17, 15) is 18.0 Å². The van der Waals surface area contributed by atoms with Gasteiger partial charge < -0.3 is 0 Å². The van der Waals surface area contributed by atoms with Crippen molar-refractivity contribution in [1.29, 1.82) is 0 Å². The second-order valence-corrected chi connectivity index (χ2v) is 3.67.